The molecule has 2 bridgehead atoms. The molecule has 25 heavy (non-hydrogen) atoms. The smallest absolute Gasteiger partial charge is 0.220 e. The predicted octanol–water partition coefficient (Wildman–Crippen LogP) is 3.50. The van der Waals surface area contributed by atoms with Crippen LogP contribution in [0.1, 0.15) is 50.9 Å². The molecule has 0 aliphatic carbocycles. The summed E-state index contributed by atoms with van der Waals surface area (Å²) in [6.07, 6.45) is 5.47. The van der Waals surface area contributed by atoms with Crippen molar-refractivity contribution in [3.63, 3.8) is 0 Å². The molecular formula is C18H26Cl2N4O. The average Bonchev–Trinajstić information content (AvgIpc) is 3.10. The Kier molecular flexibility index (Phi) is 6.72. The van der Waals surface area contributed by atoms with E-state index in [1.165, 1.54) is 12.8 Å². The number of piperidine rings is 1. The topological polar surface area (TPSA) is 69.8 Å². The monoisotopic (exact) mass is 384 g/mol. The highest BCUT2D eigenvalue weighted by Gasteiger charge is 2.34. The zero-order valence-electron chi connectivity index (χ0n) is 14.3. The fourth-order valence-corrected chi connectivity index (χ4v) is 4.15. The minimum absolute atomic E-state index is 0. The SMILES string of the molecule is CC(NC(=O)CC1CC2CCC(C1)N2)c1nc2ccccc2[nH]1.Cl.Cl. The van der Waals surface area contributed by atoms with Crippen molar-refractivity contribution in [3.8, 4) is 0 Å². The van der Waals surface area contributed by atoms with Crippen LogP contribution in [0.3, 0.4) is 0 Å². The van der Waals surface area contributed by atoms with Gasteiger partial charge in [0.2, 0.25) is 5.91 Å². The summed E-state index contributed by atoms with van der Waals surface area (Å²) in [5.74, 6) is 1.49. The Morgan fingerprint density at radius 2 is 1.92 bits per heavy atom. The molecule has 4 rings (SSSR count). The van der Waals surface area contributed by atoms with Crippen LogP contribution < -0.4 is 10.6 Å². The van der Waals surface area contributed by atoms with Gasteiger partial charge in [0.1, 0.15) is 5.82 Å². The van der Waals surface area contributed by atoms with Gasteiger partial charge in [-0.3, -0.25) is 4.79 Å². The average molecular weight is 385 g/mol. The lowest BCUT2D eigenvalue weighted by molar-refractivity contribution is -0.123. The van der Waals surface area contributed by atoms with E-state index < -0.39 is 0 Å². The summed E-state index contributed by atoms with van der Waals surface area (Å²) in [6.45, 7) is 1.99. The third kappa shape index (κ3) is 4.46. The number of imidazole rings is 1. The van der Waals surface area contributed by atoms with E-state index in [4.69, 9.17) is 0 Å². The van der Waals surface area contributed by atoms with E-state index in [1.807, 2.05) is 31.2 Å². The van der Waals surface area contributed by atoms with Crippen molar-refractivity contribution in [2.24, 2.45) is 5.92 Å². The molecule has 2 saturated heterocycles. The van der Waals surface area contributed by atoms with Gasteiger partial charge in [0, 0.05) is 18.5 Å². The molecule has 2 fully saturated rings. The van der Waals surface area contributed by atoms with Gasteiger partial charge in [0.25, 0.3) is 0 Å². The normalized spacial score (nSPS) is 25.7. The lowest BCUT2D eigenvalue weighted by Crippen LogP contribution is -2.40. The van der Waals surface area contributed by atoms with Gasteiger partial charge in [0.05, 0.1) is 17.1 Å². The number of rotatable bonds is 4. The van der Waals surface area contributed by atoms with Crippen LogP contribution in [0, 0.1) is 5.92 Å². The number of carbonyl (C=O) groups is 1. The standard InChI is InChI=1S/C18H24N4O.2ClH/c1-11(18-21-15-4-2-3-5-16(15)22-18)19-17(23)10-12-8-13-6-7-14(9-12)20-13;;/h2-5,11-14,20H,6-10H2,1H3,(H,19,23)(H,21,22);2*1H. The summed E-state index contributed by atoms with van der Waals surface area (Å²) in [4.78, 5) is 20.2. The quantitative estimate of drug-likeness (QED) is 0.755. The molecule has 2 aromatic rings. The molecule has 1 aromatic carbocycles. The molecule has 5 nitrogen and oxygen atoms in total. The molecule has 3 atom stereocenters. The Labute approximate surface area is 160 Å². The number of halogens is 2. The lowest BCUT2D eigenvalue weighted by Gasteiger charge is -2.28. The van der Waals surface area contributed by atoms with Crippen LogP contribution in [0.25, 0.3) is 11.0 Å². The van der Waals surface area contributed by atoms with E-state index >= 15 is 0 Å². The van der Waals surface area contributed by atoms with E-state index in [0.717, 1.165) is 29.7 Å². The molecule has 3 N–H and O–H groups in total. The summed E-state index contributed by atoms with van der Waals surface area (Å²) >= 11 is 0. The number of hydrogen-bond donors (Lipinski definition) is 3. The van der Waals surface area contributed by atoms with Crippen molar-refractivity contribution < 1.29 is 4.79 Å². The van der Waals surface area contributed by atoms with Crippen LogP contribution in [-0.4, -0.2) is 28.0 Å². The van der Waals surface area contributed by atoms with Gasteiger partial charge >= 0.3 is 0 Å². The van der Waals surface area contributed by atoms with Crippen molar-refractivity contribution in [2.45, 2.75) is 57.2 Å². The second-order valence-corrected chi connectivity index (χ2v) is 7.11. The van der Waals surface area contributed by atoms with Gasteiger partial charge in [-0.1, -0.05) is 12.1 Å². The largest absolute Gasteiger partial charge is 0.346 e. The Balaban J connectivity index is 0.00000113. The minimum Gasteiger partial charge on any atom is -0.346 e. The second-order valence-electron chi connectivity index (χ2n) is 7.11. The number of aromatic amines is 1. The van der Waals surface area contributed by atoms with Crippen LogP contribution in [-0.2, 0) is 4.79 Å². The maximum Gasteiger partial charge on any atom is 0.220 e. The third-order valence-corrected chi connectivity index (χ3v) is 5.24. The third-order valence-electron chi connectivity index (χ3n) is 5.24. The van der Waals surface area contributed by atoms with E-state index in [9.17, 15) is 4.79 Å². The first kappa shape index (κ1) is 20.0. The molecular weight excluding hydrogens is 359 g/mol. The minimum atomic E-state index is -0.0895. The molecule has 1 aromatic heterocycles. The Bertz CT molecular complexity index is 675. The van der Waals surface area contributed by atoms with Crippen LogP contribution in [0.4, 0.5) is 0 Å². The molecule has 3 unspecified atom stereocenters. The number of H-pyrrole nitrogens is 1. The van der Waals surface area contributed by atoms with Gasteiger partial charge in [-0.05, 0) is 50.7 Å². The number of aromatic nitrogens is 2. The highest BCUT2D eigenvalue weighted by atomic mass is 35.5. The van der Waals surface area contributed by atoms with Gasteiger partial charge in [-0.15, -0.1) is 24.8 Å². The molecule has 0 radical (unpaired) electrons. The maximum atomic E-state index is 12.4. The number of para-hydroxylation sites is 2. The number of benzene rings is 1. The van der Waals surface area contributed by atoms with Gasteiger partial charge in [0.15, 0.2) is 0 Å². The van der Waals surface area contributed by atoms with Crippen LogP contribution >= 0.6 is 24.8 Å². The fourth-order valence-electron chi connectivity index (χ4n) is 4.15. The molecule has 0 spiro atoms. The van der Waals surface area contributed by atoms with Crippen molar-refractivity contribution in [2.75, 3.05) is 0 Å². The van der Waals surface area contributed by atoms with Crippen molar-refractivity contribution in [3.05, 3.63) is 30.1 Å². The van der Waals surface area contributed by atoms with E-state index in [2.05, 4.69) is 20.6 Å². The molecule has 0 saturated carbocycles. The Morgan fingerprint density at radius 3 is 2.60 bits per heavy atom. The van der Waals surface area contributed by atoms with Gasteiger partial charge < -0.3 is 15.6 Å². The number of nitrogens with one attached hydrogen (secondary N) is 3. The number of nitrogens with zero attached hydrogens (tertiary/aromatic N) is 1. The first-order valence-corrected chi connectivity index (χ1v) is 8.67. The summed E-state index contributed by atoms with van der Waals surface area (Å²) < 4.78 is 0. The summed E-state index contributed by atoms with van der Waals surface area (Å²) in [5.41, 5.74) is 1.96. The van der Waals surface area contributed by atoms with Crippen molar-refractivity contribution in [1.82, 2.24) is 20.6 Å². The van der Waals surface area contributed by atoms with Gasteiger partial charge in [-0.25, -0.2) is 4.98 Å². The number of hydrogen-bond acceptors (Lipinski definition) is 3. The van der Waals surface area contributed by atoms with Gasteiger partial charge in [-0.2, -0.15) is 0 Å². The van der Waals surface area contributed by atoms with E-state index in [1.54, 1.807) is 0 Å². The maximum absolute atomic E-state index is 12.4. The second kappa shape index (κ2) is 8.39. The summed E-state index contributed by atoms with van der Waals surface area (Å²) in [5, 5.41) is 6.73. The van der Waals surface area contributed by atoms with Crippen molar-refractivity contribution >= 4 is 41.8 Å². The molecule has 3 heterocycles. The van der Waals surface area contributed by atoms with Crippen LogP contribution in [0.2, 0.25) is 0 Å². The number of carbonyl (C=O) groups excluding carboxylic acids is 1. The fraction of sp³-hybridized carbons (Fsp3) is 0.556. The molecule has 138 valence electrons. The number of amides is 1. The molecule has 2 aliphatic rings. The lowest BCUT2D eigenvalue weighted by atomic mass is 9.89. The highest BCUT2D eigenvalue weighted by molar-refractivity contribution is 5.85. The first-order valence-electron chi connectivity index (χ1n) is 8.67. The first-order chi connectivity index (χ1) is 11.2. The summed E-state index contributed by atoms with van der Waals surface area (Å²) in [6, 6.07) is 9.13. The van der Waals surface area contributed by atoms with E-state index in [-0.39, 0.29) is 36.8 Å². The molecule has 2 aliphatic heterocycles. The van der Waals surface area contributed by atoms with Crippen LogP contribution in [0.15, 0.2) is 24.3 Å². The predicted molar refractivity (Wildman–Crippen MR) is 104 cm³/mol. The Hall–Kier alpha value is -1.30. The zero-order chi connectivity index (χ0) is 15.8. The van der Waals surface area contributed by atoms with Crippen LogP contribution in [0.5, 0.6) is 0 Å². The van der Waals surface area contributed by atoms with Crippen molar-refractivity contribution in [1.29, 1.82) is 0 Å². The molecule has 1 amide bonds. The zero-order valence-corrected chi connectivity index (χ0v) is 16.0. The number of fused-ring (bicyclic) bond motifs is 3. The Morgan fingerprint density at radius 1 is 1.24 bits per heavy atom. The van der Waals surface area contributed by atoms with E-state index in [0.29, 0.717) is 24.4 Å². The molecule has 7 heteroatoms. The summed E-state index contributed by atoms with van der Waals surface area (Å²) in [7, 11) is 0. The highest BCUT2D eigenvalue weighted by Crippen LogP contribution is 2.32.